The first-order chi connectivity index (χ1) is 9.25. The molecule has 2 N–H and O–H groups in total. The zero-order chi connectivity index (χ0) is 13.5. The highest BCUT2D eigenvalue weighted by molar-refractivity contribution is 5.92. The van der Waals surface area contributed by atoms with E-state index < -0.39 is 5.91 Å². The van der Waals surface area contributed by atoms with Gasteiger partial charge < -0.3 is 4.42 Å². The van der Waals surface area contributed by atoms with Crippen molar-refractivity contribution in [2.75, 3.05) is 0 Å². The zero-order valence-electron chi connectivity index (χ0n) is 9.74. The molecule has 0 saturated carbocycles. The topological polar surface area (TPSA) is 100 Å². The Labute approximate surface area is 107 Å². The standard InChI is InChI=1S/C12H10N4O3/c17-11-6-5-10(14-15-11)12(18)16-13-7-1-3-9-4-2-8-19-9/h1-8H,(H,15,17)(H,16,18)/b3-1-,13-7?. The van der Waals surface area contributed by atoms with Crippen LogP contribution in [0.15, 0.2) is 50.9 Å². The summed E-state index contributed by atoms with van der Waals surface area (Å²) in [4.78, 5) is 22.3. The van der Waals surface area contributed by atoms with E-state index in [0.717, 1.165) is 0 Å². The number of aromatic nitrogens is 2. The van der Waals surface area contributed by atoms with Gasteiger partial charge in [-0.3, -0.25) is 9.59 Å². The number of carbonyl (C=O) groups excluding carboxylic acids is 1. The van der Waals surface area contributed by atoms with Crippen molar-refractivity contribution in [3.05, 3.63) is 58.4 Å². The third-order valence-corrected chi connectivity index (χ3v) is 2.04. The second kappa shape index (κ2) is 6.10. The van der Waals surface area contributed by atoms with Gasteiger partial charge in [-0.1, -0.05) is 0 Å². The molecule has 0 unspecified atom stereocenters. The maximum atomic E-state index is 11.5. The first kappa shape index (κ1) is 12.5. The summed E-state index contributed by atoms with van der Waals surface area (Å²) in [6, 6.07) is 6.07. The summed E-state index contributed by atoms with van der Waals surface area (Å²) in [6.45, 7) is 0. The molecule has 0 saturated heterocycles. The van der Waals surface area contributed by atoms with E-state index in [2.05, 4.69) is 20.7 Å². The molecule has 0 aliphatic carbocycles. The number of amides is 1. The van der Waals surface area contributed by atoms with E-state index in [0.29, 0.717) is 5.76 Å². The summed E-state index contributed by atoms with van der Waals surface area (Å²) in [5, 5.41) is 9.40. The molecular formula is C12H10N4O3. The van der Waals surface area contributed by atoms with Crippen LogP contribution in [0.4, 0.5) is 0 Å². The minimum Gasteiger partial charge on any atom is -0.465 e. The highest BCUT2D eigenvalue weighted by Crippen LogP contribution is 2.00. The van der Waals surface area contributed by atoms with Gasteiger partial charge in [-0.2, -0.15) is 10.2 Å². The van der Waals surface area contributed by atoms with Crippen LogP contribution in [0.2, 0.25) is 0 Å². The molecule has 0 aromatic carbocycles. The predicted molar refractivity (Wildman–Crippen MR) is 68.6 cm³/mol. The van der Waals surface area contributed by atoms with Crippen LogP contribution in [0.1, 0.15) is 16.2 Å². The molecule has 96 valence electrons. The van der Waals surface area contributed by atoms with Gasteiger partial charge in [0.25, 0.3) is 11.5 Å². The Morgan fingerprint density at radius 3 is 3.00 bits per heavy atom. The van der Waals surface area contributed by atoms with Gasteiger partial charge in [0, 0.05) is 12.3 Å². The van der Waals surface area contributed by atoms with E-state index >= 15 is 0 Å². The third kappa shape index (κ3) is 3.77. The van der Waals surface area contributed by atoms with Crippen LogP contribution in [0.3, 0.4) is 0 Å². The number of nitrogens with one attached hydrogen (secondary N) is 2. The number of aromatic amines is 1. The van der Waals surface area contributed by atoms with Gasteiger partial charge in [-0.05, 0) is 30.4 Å². The number of rotatable bonds is 4. The smallest absolute Gasteiger partial charge is 0.291 e. The van der Waals surface area contributed by atoms with Crippen molar-refractivity contribution in [2.24, 2.45) is 5.10 Å². The van der Waals surface area contributed by atoms with Crippen LogP contribution in [-0.4, -0.2) is 22.3 Å². The number of allylic oxidation sites excluding steroid dienone is 1. The minimum atomic E-state index is -0.515. The van der Waals surface area contributed by atoms with E-state index in [4.69, 9.17) is 4.42 Å². The number of furan rings is 1. The quantitative estimate of drug-likeness (QED) is 0.625. The Bertz CT molecular complexity index is 635. The summed E-state index contributed by atoms with van der Waals surface area (Å²) in [6.07, 6.45) is 6.25. The average molecular weight is 258 g/mol. The maximum absolute atomic E-state index is 11.5. The van der Waals surface area contributed by atoms with Crippen LogP contribution in [0, 0.1) is 0 Å². The molecule has 0 spiro atoms. The van der Waals surface area contributed by atoms with Gasteiger partial charge in [0.2, 0.25) is 0 Å². The van der Waals surface area contributed by atoms with Crippen molar-refractivity contribution in [3.8, 4) is 0 Å². The molecule has 2 aromatic heterocycles. The lowest BCUT2D eigenvalue weighted by Crippen LogP contribution is -2.21. The lowest BCUT2D eigenvalue weighted by Gasteiger charge is -1.95. The van der Waals surface area contributed by atoms with E-state index in [-0.39, 0.29) is 11.3 Å². The molecule has 0 bridgehead atoms. The predicted octanol–water partition coefficient (Wildman–Crippen LogP) is 0.792. The molecule has 0 aliphatic heterocycles. The highest BCUT2D eigenvalue weighted by Gasteiger charge is 2.04. The second-order valence-corrected chi connectivity index (χ2v) is 3.40. The maximum Gasteiger partial charge on any atom is 0.291 e. The summed E-state index contributed by atoms with van der Waals surface area (Å²) in [5.41, 5.74) is 1.96. The van der Waals surface area contributed by atoms with Crippen molar-refractivity contribution < 1.29 is 9.21 Å². The molecule has 0 radical (unpaired) electrons. The first-order valence-electron chi connectivity index (χ1n) is 5.35. The monoisotopic (exact) mass is 258 g/mol. The summed E-state index contributed by atoms with van der Waals surface area (Å²) in [7, 11) is 0. The van der Waals surface area contributed by atoms with Gasteiger partial charge in [0.1, 0.15) is 5.76 Å². The molecule has 0 aliphatic rings. The summed E-state index contributed by atoms with van der Waals surface area (Å²) >= 11 is 0. The first-order valence-corrected chi connectivity index (χ1v) is 5.35. The minimum absolute atomic E-state index is 0.0757. The largest absolute Gasteiger partial charge is 0.465 e. The van der Waals surface area contributed by atoms with Gasteiger partial charge in [0.15, 0.2) is 5.69 Å². The van der Waals surface area contributed by atoms with Crippen molar-refractivity contribution in [1.82, 2.24) is 15.6 Å². The molecule has 7 heteroatoms. The highest BCUT2D eigenvalue weighted by atomic mass is 16.3. The molecule has 7 nitrogen and oxygen atoms in total. The average Bonchev–Trinajstić information content (AvgIpc) is 2.92. The fourth-order valence-electron chi connectivity index (χ4n) is 1.19. The number of carbonyl (C=O) groups is 1. The van der Waals surface area contributed by atoms with E-state index in [1.165, 1.54) is 18.3 Å². The molecule has 2 aromatic rings. The van der Waals surface area contributed by atoms with Crippen molar-refractivity contribution >= 4 is 18.2 Å². The number of nitrogens with zero attached hydrogens (tertiary/aromatic N) is 2. The molecule has 0 atom stereocenters. The summed E-state index contributed by atoms with van der Waals surface area (Å²) in [5.74, 6) is 0.166. The van der Waals surface area contributed by atoms with Crippen molar-refractivity contribution in [1.29, 1.82) is 0 Å². The molecule has 1 amide bonds. The van der Waals surface area contributed by atoms with Crippen molar-refractivity contribution in [2.45, 2.75) is 0 Å². The van der Waals surface area contributed by atoms with E-state index in [1.54, 1.807) is 30.5 Å². The Morgan fingerprint density at radius 1 is 1.42 bits per heavy atom. The van der Waals surface area contributed by atoms with E-state index in [9.17, 15) is 9.59 Å². The van der Waals surface area contributed by atoms with Crippen LogP contribution < -0.4 is 11.0 Å². The SMILES string of the molecule is O=C(NN=C/C=C\c1ccco1)c1ccc(=O)[nH]n1. The van der Waals surface area contributed by atoms with Crippen LogP contribution in [0.5, 0.6) is 0 Å². The van der Waals surface area contributed by atoms with Gasteiger partial charge in [0.05, 0.1) is 6.26 Å². The van der Waals surface area contributed by atoms with Crippen LogP contribution in [-0.2, 0) is 0 Å². The Kier molecular flexibility index (Phi) is 4.01. The van der Waals surface area contributed by atoms with Gasteiger partial charge in [-0.15, -0.1) is 0 Å². The number of hydrogen-bond donors (Lipinski definition) is 2. The molecule has 2 rings (SSSR count). The van der Waals surface area contributed by atoms with Gasteiger partial charge >= 0.3 is 0 Å². The van der Waals surface area contributed by atoms with Crippen LogP contribution in [0.25, 0.3) is 6.08 Å². The van der Waals surface area contributed by atoms with Crippen molar-refractivity contribution in [3.63, 3.8) is 0 Å². The zero-order valence-corrected chi connectivity index (χ0v) is 9.74. The lowest BCUT2D eigenvalue weighted by molar-refractivity contribution is 0.0949. The molecule has 2 heterocycles. The Hall–Kier alpha value is -2.96. The Morgan fingerprint density at radius 2 is 2.32 bits per heavy atom. The molecule has 0 fully saturated rings. The number of hydrazone groups is 1. The number of H-pyrrole nitrogens is 1. The lowest BCUT2D eigenvalue weighted by atomic mass is 10.4. The summed E-state index contributed by atoms with van der Waals surface area (Å²) < 4.78 is 5.06. The van der Waals surface area contributed by atoms with Gasteiger partial charge in [-0.25, -0.2) is 10.5 Å². The van der Waals surface area contributed by atoms with Crippen LogP contribution >= 0.6 is 0 Å². The molecular weight excluding hydrogens is 248 g/mol. The normalized spacial score (nSPS) is 11.2. The Balaban J connectivity index is 1.86. The van der Waals surface area contributed by atoms with E-state index in [1.807, 2.05) is 0 Å². The fourth-order valence-corrected chi connectivity index (χ4v) is 1.19. The fraction of sp³-hybridized carbons (Fsp3) is 0. The second-order valence-electron chi connectivity index (χ2n) is 3.40. The number of hydrogen-bond acceptors (Lipinski definition) is 5. The molecule has 19 heavy (non-hydrogen) atoms. The third-order valence-electron chi connectivity index (χ3n) is 2.04.